The molecular weight excluding hydrogens is 292 g/mol. The predicted molar refractivity (Wildman–Crippen MR) is 87.1 cm³/mol. The molecule has 5 heteroatoms. The van der Waals surface area contributed by atoms with Crippen molar-refractivity contribution in [2.45, 2.75) is 51.5 Å². The second-order valence-electron chi connectivity index (χ2n) is 6.51. The minimum absolute atomic E-state index is 0.0885. The van der Waals surface area contributed by atoms with Gasteiger partial charge in [0.05, 0.1) is 5.69 Å². The highest BCUT2D eigenvalue weighted by Crippen LogP contribution is 2.25. The summed E-state index contributed by atoms with van der Waals surface area (Å²) in [7, 11) is 0. The monoisotopic (exact) mass is 314 g/mol. The Morgan fingerprint density at radius 1 is 1.04 bits per heavy atom. The number of hydrogen-bond donors (Lipinski definition) is 1. The first-order valence-electron chi connectivity index (χ1n) is 8.33. The summed E-state index contributed by atoms with van der Waals surface area (Å²) < 4.78 is 0. The molecule has 0 aromatic heterocycles. The number of hydrogen-bond acceptors (Lipinski definition) is 3. The molecule has 23 heavy (non-hydrogen) atoms. The maximum absolute atomic E-state index is 12.4. The van der Waals surface area contributed by atoms with Gasteiger partial charge < -0.3 is 5.32 Å². The largest absolute Gasteiger partial charge is 0.349 e. The summed E-state index contributed by atoms with van der Waals surface area (Å²) in [6.45, 7) is 2.18. The van der Waals surface area contributed by atoms with Crippen LogP contribution in [0.4, 0.5) is 5.69 Å². The lowest BCUT2D eigenvalue weighted by Crippen LogP contribution is -2.41. The molecule has 1 saturated carbocycles. The second-order valence-corrected chi connectivity index (χ2v) is 6.51. The molecule has 2 atom stereocenters. The van der Waals surface area contributed by atoms with E-state index in [0.717, 1.165) is 19.3 Å². The highest BCUT2D eigenvalue weighted by molar-refractivity contribution is 6.19. The summed E-state index contributed by atoms with van der Waals surface area (Å²) in [5.41, 5.74) is 1.10. The number of carbonyl (C=O) groups is 3. The third-order valence-electron chi connectivity index (χ3n) is 4.87. The maximum Gasteiger partial charge on any atom is 0.251 e. The fourth-order valence-corrected chi connectivity index (χ4v) is 3.41. The van der Waals surface area contributed by atoms with Crippen LogP contribution < -0.4 is 10.2 Å². The molecule has 0 radical (unpaired) electrons. The minimum Gasteiger partial charge on any atom is -0.349 e. The minimum atomic E-state index is -0.178. The highest BCUT2D eigenvalue weighted by Gasteiger charge is 2.30. The molecule has 2 aliphatic rings. The number of anilines is 1. The average molecular weight is 314 g/mol. The van der Waals surface area contributed by atoms with Crippen LogP contribution in [0.25, 0.3) is 0 Å². The Hall–Kier alpha value is -2.17. The Morgan fingerprint density at radius 3 is 2.26 bits per heavy atom. The smallest absolute Gasteiger partial charge is 0.251 e. The molecule has 0 unspecified atom stereocenters. The zero-order valence-corrected chi connectivity index (χ0v) is 13.4. The standard InChI is InChI=1S/C18H22N2O3/c1-12-4-2-3-5-15(12)19-18(23)13-6-8-14(9-7-13)20-16(21)10-11-17(20)22/h6-9,12,15H,2-5,10-11H2,1H3,(H,19,23)/t12-,15-/m1/s1. The van der Waals surface area contributed by atoms with Gasteiger partial charge in [0.2, 0.25) is 11.8 Å². The lowest BCUT2D eigenvalue weighted by Gasteiger charge is -2.29. The number of rotatable bonds is 3. The quantitative estimate of drug-likeness (QED) is 0.872. The van der Waals surface area contributed by atoms with Gasteiger partial charge in [0.1, 0.15) is 0 Å². The van der Waals surface area contributed by atoms with Gasteiger partial charge in [-0.15, -0.1) is 0 Å². The van der Waals surface area contributed by atoms with Crippen LogP contribution in [-0.4, -0.2) is 23.8 Å². The van der Waals surface area contributed by atoms with Gasteiger partial charge >= 0.3 is 0 Å². The molecule has 1 heterocycles. The van der Waals surface area contributed by atoms with Crippen LogP contribution >= 0.6 is 0 Å². The Balaban J connectivity index is 1.68. The van der Waals surface area contributed by atoms with Crippen LogP contribution in [0.1, 0.15) is 55.8 Å². The third kappa shape index (κ3) is 3.28. The Labute approximate surface area is 136 Å². The van der Waals surface area contributed by atoms with Gasteiger partial charge in [-0.3, -0.25) is 19.3 Å². The summed E-state index contributed by atoms with van der Waals surface area (Å²) in [5, 5.41) is 3.11. The molecule has 3 amide bonds. The molecule has 1 saturated heterocycles. The topological polar surface area (TPSA) is 66.5 Å². The zero-order valence-electron chi connectivity index (χ0n) is 13.4. The van der Waals surface area contributed by atoms with E-state index in [0.29, 0.717) is 17.2 Å². The summed E-state index contributed by atoms with van der Waals surface area (Å²) in [6.07, 6.45) is 5.11. The summed E-state index contributed by atoms with van der Waals surface area (Å²) >= 11 is 0. The third-order valence-corrected chi connectivity index (χ3v) is 4.87. The van der Waals surface area contributed by atoms with Crippen LogP contribution in [0, 0.1) is 5.92 Å². The van der Waals surface area contributed by atoms with Gasteiger partial charge in [-0.25, -0.2) is 0 Å². The van der Waals surface area contributed by atoms with Crippen molar-refractivity contribution in [3.05, 3.63) is 29.8 Å². The van der Waals surface area contributed by atoms with Gasteiger partial charge in [-0.05, 0) is 43.0 Å². The van der Waals surface area contributed by atoms with Crippen molar-refractivity contribution in [2.24, 2.45) is 5.92 Å². The molecule has 1 aromatic rings. The molecule has 122 valence electrons. The average Bonchev–Trinajstić information content (AvgIpc) is 2.88. The van der Waals surface area contributed by atoms with Crippen molar-refractivity contribution >= 4 is 23.4 Å². The van der Waals surface area contributed by atoms with Crippen LogP contribution in [-0.2, 0) is 9.59 Å². The molecular formula is C18H22N2O3. The summed E-state index contributed by atoms with van der Waals surface area (Å²) in [6, 6.07) is 6.92. The number of nitrogens with one attached hydrogen (secondary N) is 1. The van der Waals surface area contributed by atoms with E-state index in [9.17, 15) is 14.4 Å². The molecule has 1 aliphatic carbocycles. The van der Waals surface area contributed by atoms with Crippen LogP contribution in [0.5, 0.6) is 0 Å². The number of nitrogens with zero attached hydrogens (tertiary/aromatic N) is 1. The van der Waals surface area contributed by atoms with E-state index >= 15 is 0 Å². The number of benzene rings is 1. The lowest BCUT2D eigenvalue weighted by atomic mass is 9.86. The van der Waals surface area contributed by atoms with Gasteiger partial charge in [-0.2, -0.15) is 0 Å². The Kier molecular flexibility index (Phi) is 4.46. The molecule has 1 N–H and O–H groups in total. The summed E-state index contributed by atoms with van der Waals surface area (Å²) in [5.74, 6) is 0.0626. The molecule has 0 bridgehead atoms. The van der Waals surface area contributed by atoms with E-state index in [2.05, 4.69) is 12.2 Å². The van der Waals surface area contributed by atoms with E-state index in [-0.39, 0.29) is 36.6 Å². The van der Waals surface area contributed by atoms with Crippen molar-refractivity contribution in [2.75, 3.05) is 4.90 Å². The predicted octanol–water partition coefficient (Wildman–Crippen LogP) is 2.65. The fraction of sp³-hybridized carbons (Fsp3) is 0.500. The number of carbonyl (C=O) groups excluding carboxylic acids is 3. The first-order chi connectivity index (χ1) is 11.1. The molecule has 3 rings (SSSR count). The first-order valence-corrected chi connectivity index (χ1v) is 8.33. The molecule has 1 aromatic carbocycles. The van der Waals surface area contributed by atoms with E-state index in [4.69, 9.17) is 0 Å². The van der Waals surface area contributed by atoms with Gasteiger partial charge in [-0.1, -0.05) is 19.8 Å². The molecule has 2 fully saturated rings. The SMILES string of the molecule is C[C@@H]1CCCC[C@H]1NC(=O)c1ccc(N2C(=O)CCC2=O)cc1. The van der Waals surface area contributed by atoms with E-state index in [1.165, 1.54) is 11.3 Å². The van der Waals surface area contributed by atoms with E-state index in [1.807, 2.05) is 0 Å². The van der Waals surface area contributed by atoms with Crippen molar-refractivity contribution < 1.29 is 14.4 Å². The zero-order chi connectivity index (χ0) is 16.4. The normalized spacial score (nSPS) is 24.8. The second kappa shape index (κ2) is 6.52. The van der Waals surface area contributed by atoms with Crippen molar-refractivity contribution in [3.63, 3.8) is 0 Å². The number of amides is 3. The molecule has 0 spiro atoms. The Morgan fingerprint density at radius 2 is 1.65 bits per heavy atom. The molecule has 1 aliphatic heterocycles. The van der Waals surface area contributed by atoms with E-state index < -0.39 is 0 Å². The van der Waals surface area contributed by atoms with Crippen molar-refractivity contribution in [1.82, 2.24) is 5.32 Å². The maximum atomic E-state index is 12.4. The fourth-order valence-electron chi connectivity index (χ4n) is 3.41. The number of imide groups is 1. The van der Waals surface area contributed by atoms with Crippen molar-refractivity contribution in [3.8, 4) is 0 Å². The summed E-state index contributed by atoms with van der Waals surface area (Å²) in [4.78, 5) is 37.0. The van der Waals surface area contributed by atoms with Gasteiger partial charge in [0.25, 0.3) is 5.91 Å². The Bertz CT molecular complexity index is 608. The first kappa shape index (κ1) is 15.7. The lowest BCUT2D eigenvalue weighted by molar-refractivity contribution is -0.121. The van der Waals surface area contributed by atoms with Crippen LogP contribution in [0.15, 0.2) is 24.3 Å². The van der Waals surface area contributed by atoms with Gasteiger partial charge in [0.15, 0.2) is 0 Å². The van der Waals surface area contributed by atoms with Gasteiger partial charge in [0, 0.05) is 24.4 Å². The van der Waals surface area contributed by atoms with E-state index in [1.54, 1.807) is 24.3 Å². The van der Waals surface area contributed by atoms with Crippen LogP contribution in [0.3, 0.4) is 0 Å². The van der Waals surface area contributed by atoms with Crippen molar-refractivity contribution in [1.29, 1.82) is 0 Å². The molecule has 5 nitrogen and oxygen atoms in total. The highest BCUT2D eigenvalue weighted by atomic mass is 16.2. The van der Waals surface area contributed by atoms with Crippen LogP contribution in [0.2, 0.25) is 0 Å².